The third-order valence-electron chi connectivity index (χ3n) is 4.22. The number of carbonyl (C=O) groups is 2. The van der Waals surface area contributed by atoms with E-state index in [9.17, 15) is 24.2 Å². The van der Waals surface area contributed by atoms with Gasteiger partial charge in [0.15, 0.2) is 11.9 Å². The summed E-state index contributed by atoms with van der Waals surface area (Å²) in [6.07, 6.45) is 0.282. The van der Waals surface area contributed by atoms with Gasteiger partial charge in [0.25, 0.3) is 5.91 Å². The van der Waals surface area contributed by atoms with Crippen LogP contribution in [-0.4, -0.2) is 38.0 Å². The molecule has 3 rings (SSSR count). The van der Waals surface area contributed by atoms with Gasteiger partial charge in [-0.15, -0.1) is 0 Å². The molecule has 30 heavy (non-hydrogen) atoms. The maximum absolute atomic E-state index is 14.5. The number of phenols is 1. The number of carbonyl (C=O) groups excluding carboxylic acids is 1. The Kier molecular flexibility index (Phi) is 8.65. The van der Waals surface area contributed by atoms with Gasteiger partial charge < -0.3 is 26.0 Å². The smallest absolute Gasteiger partial charge is 1.00 e. The number of nitrogens with one attached hydrogen (secondary N) is 1. The van der Waals surface area contributed by atoms with Gasteiger partial charge in [0, 0.05) is 30.9 Å². The fourth-order valence-corrected chi connectivity index (χ4v) is 2.92. The number of halogens is 2. The van der Waals surface area contributed by atoms with Crippen LogP contribution in [0, 0.1) is 0 Å². The van der Waals surface area contributed by atoms with Crippen molar-refractivity contribution in [2.45, 2.75) is 26.1 Å². The predicted molar refractivity (Wildman–Crippen MR) is 104 cm³/mol. The number of rotatable bonds is 7. The first-order valence-corrected chi connectivity index (χ1v) is 8.99. The van der Waals surface area contributed by atoms with E-state index in [1.807, 2.05) is 0 Å². The molecule has 0 fully saturated rings. The Hall–Kier alpha value is -1.69. The monoisotopic (exact) mass is 461 g/mol. The number of aromatic carboxylic acids is 1. The van der Waals surface area contributed by atoms with Gasteiger partial charge in [0.2, 0.25) is 0 Å². The molecule has 2 heterocycles. The number of carboxylic acid groups (broad SMARTS) is 1. The summed E-state index contributed by atoms with van der Waals surface area (Å²) in [5.74, 6) is -2.02. The van der Waals surface area contributed by atoms with Gasteiger partial charge in [-0.3, -0.25) is 4.79 Å². The van der Waals surface area contributed by atoms with Gasteiger partial charge in [-0.05, 0) is 31.2 Å². The topological polar surface area (TPSA) is 118 Å². The molecule has 0 saturated heterocycles. The molecule has 3 aromatic rings. The van der Waals surface area contributed by atoms with Crippen molar-refractivity contribution < 1.29 is 81.5 Å². The minimum absolute atomic E-state index is 0. The Morgan fingerprint density at radius 3 is 2.60 bits per heavy atom. The number of hydrogen-bond acceptors (Lipinski definition) is 5. The number of phenolic OH excluding ortho intramolecular Hbond substituents is 1. The molecule has 1 aromatic carbocycles. The van der Waals surface area contributed by atoms with E-state index in [-0.39, 0.29) is 86.3 Å². The minimum atomic E-state index is -2.03. The number of nitrogens with zero attached hydrogens (tertiary/aromatic N) is 2. The molecular weight excluding hydrogens is 444 g/mol. The minimum Gasteiger partial charge on any atom is -1.00 e. The van der Waals surface area contributed by atoms with E-state index in [0.717, 1.165) is 0 Å². The van der Waals surface area contributed by atoms with Gasteiger partial charge in [-0.1, -0.05) is 16.8 Å². The third-order valence-corrected chi connectivity index (χ3v) is 4.61. The number of anilines is 1. The van der Waals surface area contributed by atoms with Crippen molar-refractivity contribution in [3.8, 4) is 17.1 Å². The second kappa shape index (κ2) is 10.6. The van der Waals surface area contributed by atoms with Crippen LogP contribution in [0.1, 0.15) is 24.4 Å². The molecule has 0 bridgehead atoms. The Labute approximate surface area is 219 Å². The quantitative estimate of drug-likeness (QED) is 0.449. The molecule has 2 aromatic heterocycles. The van der Waals surface area contributed by atoms with Crippen LogP contribution in [0.4, 0.5) is 10.1 Å². The third kappa shape index (κ3) is 5.51. The fraction of sp³-hybridized carbons (Fsp3) is 0.211. The summed E-state index contributed by atoms with van der Waals surface area (Å²) in [5, 5.41) is 24.6. The average Bonchev–Trinajstić information content (AvgIpc) is 3.26. The van der Waals surface area contributed by atoms with Crippen LogP contribution in [0.15, 0.2) is 41.2 Å². The Balaban J connectivity index is 0.00000240. The van der Waals surface area contributed by atoms with Gasteiger partial charge in [0.05, 0.1) is 5.69 Å². The molecule has 0 saturated carbocycles. The molecule has 0 aliphatic rings. The summed E-state index contributed by atoms with van der Waals surface area (Å²) in [5.41, 5.74) is 0.435. The van der Waals surface area contributed by atoms with Crippen molar-refractivity contribution >= 4 is 29.2 Å². The Morgan fingerprint density at radius 2 is 2.00 bits per heavy atom. The van der Waals surface area contributed by atoms with E-state index in [0.29, 0.717) is 12.1 Å². The van der Waals surface area contributed by atoms with Crippen molar-refractivity contribution in [1.29, 1.82) is 0 Å². The van der Waals surface area contributed by atoms with Crippen LogP contribution in [0.25, 0.3) is 11.3 Å². The summed E-state index contributed by atoms with van der Waals surface area (Å²) in [4.78, 5) is 23.5. The first-order chi connectivity index (χ1) is 13.8. The zero-order valence-corrected chi connectivity index (χ0v) is 20.1. The van der Waals surface area contributed by atoms with Crippen molar-refractivity contribution in [3.63, 3.8) is 0 Å². The molecular formula is C19H18ClFKN3O5. The number of aryl methyl sites for hydroxylation is 1. The van der Waals surface area contributed by atoms with Gasteiger partial charge in [0.1, 0.15) is 22.0 Å². The van der Waals surface area contributed by atoms with E-state index >= 15 is 0 Å². The number of hydrogen-bond donors (Lipinski definition) is 3. The fourth-order valence-electron chi connectivity index (χ4n) is 2.67. The number of alkyl halides is 1. The average molecular weight is 462 g/mol. The molecule has 11 heteroatoms. The number of aromatic hydroxyl groups is 1. The van der Waals surface area contributed by atoms with Crippen molar-refractivity contribution in [2.24, 2.45) is 0 Å². The van der Waals surface area contributed by atoms with Gasteiger partial charge >= 0.3 is 57.4 Å². The normalized spacial score (nSPS) is 11.6. The number of aromatic nitrogens is 2. The van der Waals surface area contributed by atoms with Crippen LogP contribution in [0.5, 0.6) is 5.75 Å². The summed E-state index contributed by atoms with van der Waals surface area (Å²) in [7, 11) is 0. The van der Waals surface area contributed by atoms with Crippen molar-refractivity contribution in [3.05, 3.63) is 52.9 Å². The van der Waals surface area contributed by atoms with E-state index < -0.39 is 24.5 Å². The Morgan fingerprint density at radius 1 is 1.33 bits per heavy atom. The molecule has 0 spiro atoms. The summed E-state index contributed by atoms with van der Waals surface area (Å²) >= 11 is 6.20. The van der Waals surface area contributed by atoms with Crippen LogP contribution in [0.2, 0.25) is 5.02 Å². The molecule has 1 amide bonds. The zero-order valence-electron chi connectivity index (χ0n) is 17.2. The van der Waals surface area contributed by atoms with E-state index in [4.69, 9.17) is 16.1 Å². The van der Waals surface area contributed by atoms with Gasteiger partial charge in [-0.2, -0.15) is 0 Å². The molecule has 8 nitrogen and oxygen atoms in total. The molecule has 154 valence electrons. The van der Waals surface area contributed by atoms with Crippen molar-refractivity contribution in [2.75, 3.05) is 5.32 Å². The SMILES string of the molecule is CCn1cc(NC(=O)C(F)Cc2noc(-c3ccc(O)cc3)c2Cl)c(C(=O)O)c1.[H-].[K+]. The molecule has 0 aliphatic heterocycles. The summed E-state index contributed by atoms with van der Waals surface area (Å²) in [6, 6.07) is 5.97. The first kappa shape index (κ1) is 24.6. The molecule has 0 aliphatic carbocycles. The largest absolute Gasteiger partial charge is 1.00 e. The predicted octanol–water partition coefficient (Wildman–Crippen LogP) is 0.856. The number of carboxylic acids is 1. The van der Waals surface area contributed by atoms with E-state index in [2.05, 4.69) is 10.5 Å². The number of benzene rings is 1. The van der Waals surface area contributed by atoms with Crippen molar-refractivity contribution in [1.82, 2.24) is 9.72 Å². The van der Waals surface area contributed by atoms with E-state index in [1.165, 1.54) is 24.5 Å². The molecule has 0 radical (unpaired) electrons. The molecule has 1 atom stereocenters. The second-order valence-electron chi connectivity index (χ2n) is 6.20. The zero-order chi connectivity index (χ0) is 21.1. The second-order valence-corrected chi connectivity index (χ2v) is 6.58. The molecule has 3 N–H and O–H groups in total. The first-order valence-electron chi connectivity index (χ1n) is 8.61. The summed E-state index contributed by atoms with van der Waals surface area (Å²) < 4.78 is 21.2. The molecule has 1 unspecified atom stereocenters. The van der Waals surface area contributed by atoms with E-state index in [1.54, 1.807) is 23.6 Å². The Bertz CT molecular complexity index is 1060. The maximum Gasteiger partial charge on any atom is 1.00 e. The van der Waals surface area contributed by atoms with Crippen LogP contribution in [0.3, 0.4) is 0 Å². The van der Waals surface area contributed by atoms with Gasteiger partial charge in [-0.25, -0.2) is 9.18 Å². The number of amides is 1. The van der Waals surface area contributed by atoms with Crippen LogP contribution in [-0.2, 0) is 17.8 Å². The van der Waals surface area contributed by atoms with Crippen LogP contribution >= 0.6 is 11.6 Å². The maximum atomic E-state index is 14.5. The summed E-state index contributed by atoms with van der Waals surface area (Å²) in [6.45, 7) is 2.29. The van der Waals surface area contributed by atoms with Crippen LogP contribution < -0.4 is 56.7 Å². The standard InChI is InChI=1S/C19H17ClFN3O5.K.H/c1-2-24-8-12(19(27)28)15(9-24)22-18(26)13(21)7-14-16(20)17(29-23-14)10-3-5-11(25)6-4-10;;/h3-6,8-9,13,25H,2,7H2,1H3,(H,22,26)(H,27,28);;/q;+1;-1.